The molecule has 4 heteroatoms. The van der Waals surface area contributed by atoms with Gasteiger partial charge in [0.25, 0.3) is 0 Å². The van der Waals surface area contributed by atoms with Crippen LogP contribution in [-0.4, -0.2) is 29.9 Å². The zero-order chi connectivity index (χ0) is 18.2. The Morgan fingerprint density at radius 2 is 1.96 bits per heavy atom. The van der Waals surface area contributed by atoms with Gasteiger partial charge in [-0.25, -0.2) is 0 Å². The molecule has 0 aliphatic heterocycles. The molecule has 134 valence electrons. The molecular weight excluding hydrogens is 316 g/mol. The van der Waals surface area contributed by atoms with Gasteiger partial charge in [-0.2, -0.15) is 0 Å². The van der Waals surface area contributed by atoms with Gasteiger partial charge in [-0.1, -0.05) is 45.0 Å². The number of benzene rings is 1. The fourth-order valence-corrected chi connectivity index (χ4v) is 4.34. The number of aliphatic hydroxyl groups is 1. The Hall–Kier alpha value is -1.78. The number of fused-ring (bicyclic) bond motifs is 2. The van der Waals surface area contributed by atoms with Crippen molar-refractivity contribution in [1.82, 2.24) is 0 Å². The molecule has 0 spiro atoms. The summed E-state index contributed by atoms with van der Waals surface area (Å²) in [6, 6.07) is 7.85. The van der Waals surface area contributed by atoms with E-state index >= 15 is 0 Å². The monoisotopic (exact) mass is 342 g/mol. The Bertz CT molecular complexity index is 714. The van der Waals surface area contributed by atoms with E-state index < -0.39 is 6.61 Å². The van der Waals surface area contributed by atoms with Crippen LogP contribution < -0.4 is 0 Å². The van der Waals surface area contributed by atoms with Crippen LogP contribution in [-0.2, 0) is 20.9 Å². The summed E-state index contributed by atoms with van der Waals surface area (Å²) in [5.41, 5.74) is 2.93. The highest BCUT2D eigenvalue weighted by atomic mass is 16.5. The summed E-state index contributed by atoms with van der Waals surface area (Å²) in [5, 5.41) is 8.66. The van der Waals surface area contributed by atoms with Gasteiger partial charge in [0, 0.05) is 16.9 Å². The molecule has 1 N–H and O–H groups in total. The van der Waals surface area contributed by atoms with Crippen molar-refractivity contribution in [2.75, 3.05) is 13.2 Å². The first-order valence-electron chi connectivity index (χ1n) is 8.85. The van der Waals surface area contributed by atoms with E-state index in [2.05, 4.69) is 20.8 Å². The van der Waals surface area contributed by atoms with Gasteiger partial charge in [-0.15, -0.1) is 0 Å². The number of rotatable bonds is 6. The summed E-state index contributed by atoms with van der Waals surface area (Å²) in [5.74, 6) is 0.140. The topological polar surface area (TPSA) is 63.6 Å². The van der Waals surface area contributed by atoms with Crippen molar-refractivity contribution in [3.63, 3.8) is 0 Å². The average molecular weight is 342 g/mol. The summed E-state index contributed by atoms with van der Waals surface area (Å²) in [4.78, 5) is 23.8. The number of hydrogen-bond acceptors (Lipinski definition) is 4. The molecule has 0 amide bonds. The molecule has 1 aromatic carbocycles. The molecular formula is C21H26O4. The second kappa shape index (κ2) is 6.50. The molecule has 1 aromatic rings. The minimum atomic E-state index is -0.489. The molecule has 2 saturated carbocycles. The molecule has 2 aliphatic rings. The number of ketones is 2. The van der Waals surface area contributed by atoms with Crippen molar-refractivity contribution < 1.29 is 19.4 Å². The van der Waals surface area contributed by atoms with Crippen LogP contribution in [0.4, 0.5) is 0 Å². The first kappa shape index (κ1) is 18.0. The first-order valence-corrected chi connectivity index (χ1v) is 8.85. The fourth-order valence-electron chi connectivity index (χ4n) is 4.34. The van der Waals surface area contributed by atoms with E-state index in [1.807, 2.05) is 30.3 Å². The Morgan fingerprint density at radius 3 is 2.52 bits per heavy atom. The van der Waals surface area contributed by atoms with Gasteiger partial charge in [0.05, 0.1) is 6.61 Å². The highest BCUT2D eigenvalue weighted by Gasteiger charge is 2.63. The van der Waals surface area contributed by atoms with Gasteiger partial charge < -0.3 is 9.84 Å². The second-order valence-corrected chi connectivity index (χ2v) is 8.00. The number of Topliss-reactive ketones (excluding diaryl/α,β-unsaturated/α-hetero) is 2. The summed E-state index contributed by atoms with van der Waals surface area (Å²) in [6.07, 6.45) is 4.12. The van der Waals surface area contributed by atoms with E-state index in [0.717, 1.165) is 29.5 Å². The van der Waals surface area contributed by atoms with E-state index in [1.165, 1.54) is 0 Å². The maximum atomic E-state index is 12.8. The summed E-state index contributed by atoms with van der Waals surface area (Å²) < 4.78 is 5.27. The number of ether oxygens (including phenoxy) is 1. The van der Waals surface area contributed by atoms with Crippen LogP contribution in [0.25, 0.3) is 6.08 Å². The van der Waals surface area contributed by atoms with Crippen molar-refractivity contribution in [2.24, 2.45) is 16.7 Å². The zero-order valence-electron chi connectivity index (χ0n) is 15.2. The lowest BCUT2D eigenvalue weighted by Crippen LogP contribution is -2.27. The fraction of sp³-hybridized carbons (Fsp3) is 0.524. The standard InChI is InChI=1S/C21H26O4/c1-20(2)17-8-9-21(20,3)18(19(17)24)10-14-4-6-15(7-5-14)12-25-13-16(23)11-22/h4-7,10,17,22H,8-9,11-13H2,1-3H3/b18-10-. The quantitative estimate of drug-likeness (QED) is 0.807. The van der Waals surface area contributed by atoms with Crippen LogP contribution in [0.2, 0.25) is 0 Å². The van der Waals surface area contributed by atoms with Crippen molar-refractivity contribution >= 4 is 17.6 Å². The molecule has 0 saturated heterocycles. The summed E-state index contributed by atoms with van der Waals surface area (Å²) in [6.45, 7) is 6.43. The van der Waals surface area contributed by atoms with E-state index in [1.54, 1.807) is 0 Å². The first-order chi connectivity index (χ1) is 11.8. The highest BCUT2D eigenvalue weighted by molar-refractivity contribution is 6.06. The number of aliphatic hydroxyl groups excluding tert-OH is 1. The largest absolute Gasteiger partial charge is 0.388 e. The number of allylic oxidation sites excluding steroid dienone is 1. The Balaban J connectivity index is 1.72. The Kier molecular flexibility index (Phi) is 4.69. The third kappa shape index (κ3) is 2.98. The molecule has 4 nitrogen and oxygen atoms in total. The van der Waals surface area contributed by atoms with Gasteiger partial charge in [0.15, 0.2) is 11.6 Å². The van der Waals surface area contributed by atoms with Crippen LogP contribution in [0.1, 0.15) is 44.7 Å². The van der Waals surface area contributed by atoms with Crippen molar-refractivity contribution in [3.05, 3.63) is 41.0 Å². The van der Waals surface area contributed by atoms with Gasteiger partial charge in [0.2, 0.25) is 0 Å². The second-order valence-electron chi connectivity index (χ2n) is 8.00. The third-order valence-electron chi connectivity index (χ3n) is 6.40. The smallest absolute Gasteiger partial charge is 0.183 e. The van der Waals surface area contributed by atoms with Crippen LogP contribution in [0.3, 0.4) is 0 Å². The Morgan fingerprint density at radius 1 is 1.28 bits per heavy atom. The number of hydrogen-bond donors (Lipinski definition) is 1. The minimum Gasteiger partial charge on any atom is -0.388 e. The predicted molar refractivity (Wildman–Crippen MR) is 95.8 cm³/mol. The Labute approximate surface area is 148 Å². The van der Waals surface area contributed by atoms with Gasteiger partial charge >= 0.3 is 0 Å². The lowest BCUT2D eigenvalue weighted by Gasteiger charge is -2.34. The maximum Gasteiger partial charge on any atom is 0.183 e. The van der Waals surface area contributed by atoms with Crippen LogP contribution in [0.5, 0.6) is 0 Å². The molecule has 2 unspecified atom stereocenters. The van der Waals surface area contributed by atoms with E-state index in [0.29, 0.717) is 12.4 Å². The third-order valence-corrected chi connectivity index (χ3v) is 6.40. The van der Waals surface area contributed by atoms with Crippen molar-refractivity contribution in [1.29, 1.82) is 0 Å². The van der Waals surface area contributed by atoms with Gasteiger partial charge in [-0.3, -0.25) is 9.59 Å². The lowest BCUT2D eigenvalue weighted by atomic mass is 9.69. The SMILES string of the molecule is CC12CCC(C(=O)/C1=C/c1ccc(COCC(=O)CO)cc1)C2(C)C. The maximum absolute atomic E-state index is 12.8. The van der Waals surface area contributed by atoms with Crippen LogP contribution >= 0.6 is 0 Å². The van der Waals surface area contributed by atoms with Crippen LogP contribution in [0, 0.1) is 16.7 Å². The van der Waals surface area contributed by atoms with Crippen molar-refractivity contribution in [2.45, 2.75) is 40.2 Å². The molecule has 0 radical (unpaired) electrons. The highest BCUT2D eigenvalue weighted by Crippen LogP contribution is 2.66. The molecule has 0 aromatic heterocycles. The molecule has 2 aliphatic carbocycles. The van der Waals surface area contributed by atoms with Crippen LogP contribution in [0.15, 0.2) is 29.8 Å². The van der Waals surface area contributed by atoms with Crippen molar-refractivity contribution in [3.8, 4) is 0 Å². The summed E-state index contributed by atoms with van der Waals surface area (Å²) >= 11 is 0. The molecule has 25 heavy (non-hydrogen) atoms. The average Bonchev–Trinajstić information content (AvgIpc) is 2.89. The predicted octanol–water partition coefficient (Wildman–Crippen LogP) is 3.17. The molecule has 3 rings (SSSR count). The zero-order valence-corrected chi connectivity index (χ0v) is 15.2. The molecule has 0 heterocycles. The molecule has 2 bridgehead atoms. The van der Waals surface area contributed by atoms with Gasteiger partial charge in [-0.05, 0) is 35.5 Å². The van der Waals surface area contributed by atoms with E-state index in [-0.39, 0.29) is 29.1 Å². The molecule has 2 fully saturated rings. The van der Waals surface area contributed by atoms with E-state index in [4.69, 9.17) is 9.84 Å². The summed E-state index contributed by atoms with van der Waals surface area (Å²) in [7, 11) is 0. The number of carbonyl (C=O) groups is 2. The molecule has 2 atom stereocenters. The lowest BCUT2D eigenvalue weighted by molar-refractivity contribution is -0.126. The van der Waals surface area contributed by atoms with E-state index in [9.17, 15) is 9.59 Å². The van der Waals surface area contributed by atoms with Gasteiger partial charge in [0.1, 0.15) is 13.2 Å². The normalized spacial score (nSPS) is 28.7. The minimum absolute atomic E-state index is 0.0307. The number of carbonyl (C=O) groups excluding carboxylic acids is 2.